The zero-order valence-corrected chi connectivity index (χ0v) is 7.82. The number of sulfonamides is 1. The molecule has 3 nitrogen and oxygen atoms in total. The Kier molecular flexibility index (Phi) is 2.54. The van der Waals surface area contributed by atoms with Crippen LogP contribution in [0.3, 0.4) is 0 Å². The van der Waals surface area contributed by atoms with E-state index in [-0.39, 0.29) is 6.04 Å². The van der Waals surface area contributed by atoms with Crippen molar-refractivity contribution in [3.05, 3.63) is 0 Å². The van der Waals surface area contributed by atoms with Crippen LogP contribution in [0.4, 0.5) is 0 Å². The molecule has 1 heterocycles. The van der Waals surface area contributed by atoms with E-state index in [1.165, 1.54) is 0 Å². The molecule has 11 heavy (non-hydrogen) atoms. The van der Waals surface area contributed by atoms with Gasteiger partial charge in [0.2, 0.25) is 10.0 Å². The summed E-state index contributed by atoms with van der Waals surface area (Å²) in [7, 11) is -2.93. The Morgan fingerprint density at radius 1 is 1.45 bits per heavy atom. The number of hydrogen-bond acceptors (Lipinski definition) is 2. The third-order valence-electron chi connectivity index (χ3n) is 2.06. The molecule has 0 aromatic heterocycles. The van der Waals surface area contributed by atoms with Crippen molar-refractivity contribution in [2.24, 2.45) is 5.92 Å². The summed E-state index contributed by atoms with van der Waals surface area (Å²) in [6.07, 6.45) is 1.79. The fourth-order valence-electron chi connectivity index (χ4n) is 1.31. The molecule has 1 aliphatic rings. The van der Waals surface area contributed by atoms with Crippen molar-refractivity contribution >= 4 is 10.0 Å². The quantitative estimate of drug-likeness (QED) is 0.641. The minimum Gasteiger partial charge on any atom is -0.212 e. The fourth-order valence-corrected chi connectivity index (χ4v) is 2.83. The molecule has 0 bridgehead atoms. The Hall–Kier alpha value is -0.0900. The molecule has 0 saturated carbocycles. The van der Waals surface area contributed by atoms with Gasteiger partial charge in [0.05, 0.1) is 5.75 Å². The van der Waals surface area contributed by atoms with Crippen molar-refractivity contribution in [2.75, 3.05) is 5.75 Å². The molecular formula is C7H15NO2S. The zero-order valence-electron chi connectivity index (χ0n) is 7.00. The molecule has 0 aromatic carbocycles. The van der Waals surface area contributed by atoms with Gasteiger partial charge in [-0.2, -0.15) is 0 Å². The lowest BCUT2D eigenvalue weighted by Gasteiger charge is -2.26. The summed E-state index contributed by atoms with van der Waals surface area (Å²) in [5.41, 5.74) is 0. The molecule has 1 fully saturated rings. The van der Waals surface area contributed by atoms with Crippen molar-refractivity contribution in [1.82, 2.24) is 4.72 Å². The van der Waals surface area contributed by atoms with Crippen LogP contribution < -0.4 is 4.72 Å². The standard InChI is InChI=1S/C7H15NO2S/c1-6(2)7-4-3-5-11(9,10)8-7/h6-8H,3-5H2,1-2H3. The van der Waals surface area contributed by atoms with E-state index >= 15 is 0 Å². The van der Waals surface area contributed by atoms with Crippen LogP contribution in [0, 0.1) is 5.92 Å². The first-order chi connectivity index (χ1) is 5.01. The van der Waals surface area contributed by atoms with Crippen molar-refractivity contribution in [1.29, 1.82) is 0 Å². The van der Waals surface area contributed by atoms with Gasteiger partial charge >= 0.3 is 0 Å². The molecule has 1 aliphatic heterocycles. The molecule has 0 aliphatic carbocycles. The Balaban J connectivity index is 2.61. The summed E-state index contributed by atoms with van der Waals surface area (Å²) >= 11 is 0. The van der Waals surface area contributed by atoms with Crippen LogP contribution in [0.2, 0.25) is 0 Å². The average Bonchev–Trinajstić information content (AvgIpc) is 1.85. The van der Waals surface area contributed by atoms with E-state index < -0.39 is 10.0 Å². The molecule has 0 radical (unpaired) electrons. The number of rotatable bonds is 1. The smallest absolute Gasteiger partial charge is 0.211 e. The van der Waals surface area contributed by atoms with E-state index in [4.69, 9.17) is 0 Å². The summed E-state index contributed by atoms with van der Waals surface area (Å²) < 4.78 is 24.8. The summed E-state index contributed by atoms with van der Waals surface area (Å²) in [6.45, 7) is 4.08. The second-order valence-corrected chi connectivity index (χ2v) is 5.30. The third kappa shape index (κ3) is 2.45. The van der Waals surface area contributed by atoms with Crippen LogP contribution in [-0.4, -0.2) is 20.2 Å². The van der Waals surface area contributed by atoms with Crippen molar-refractivity contribution in [2.45, 2.75) is 32.7 Å². The molecule has 1 rings (SSSR count). The molecule has 1 unspecified atom stereocenters. The molecule has 1 N–H and O–H groups in total. The summed E-state index contributed by atoms with van der Waals surface area (Å²) in [4.78, 5) is 0. The molecule has 0 aromatic rings. The van der Waals surface area contributed by atoms with Gasteiger partial charge in [0.25, 0.3) is 0 Å². The zero-order chi connectivity index (χ0) is 8.48. The first kappa shape index (κ1) is 9.00. The molecule has 66 valence electrons. The second kappa shape index (κ2) is 3.11. The molecule has 1 saturated heterocycles. The van der Waals surface area contributed by atoms with Gasteiger partial charge in [-0.25, -0.2) is 13.1 Å². The topological polar surface area (TPSA) is 46.2 Å². The maximum atomic E-state index is 11.1. The molecule has 4 heteroatoms. The summed E-state index contributed by atoms with van der Waals surface area (Å²) in [5.74, 6) is 0.709. The number of hydrogen-bond donors (Lipinski definition) is 1. The van der Waals surface area contributed by atoms with Gasteiger partial charge in [0.15, 0.2) is 0 Å². The van der Waals surface area contributed by atoms with Crippen LogP contribution in [0.5, 0.6) is 0 Å². The van der Waals surface area contributed by atoms with E-state index in [9.17, 15) is 8.42 Å². The van der Waals surface area contributed by atoms with Crippen LogP contribution in [-0.2, 0) is 10.0 Å². The van der Waals surface area contributed by atoms with E-state index in [0.29, 0.717) is 11.7 Å². The van der Waals surface area contributed by atoms with Crippen molar-refractivity contribution < 1.29 is 8.42 Å². The Morgan fingerprint density at radius 3 is 2.45 bits per heavy atom. The van der Waals surface area contributed by atoms with Crippen molar-refractivity contribution in [3.63, 3.8) is 0 Å². The monoisotopic (exact) mass is 177 g/mol. The SMILES string of the molecule is CC(C)C1CCCS(=O)(=O)N1. The van der Waals surface area contributed by atoms with E-state index in [2.05, 4.69) is 4.72 Å². The molecule has 0 amide bonds. The Bertz CT molecular complexity index is 221. The minimum atomic E-state index is -2.93. The van der Waals surface area contributed by atoms with Gasteiger partial charge in [0, 0.05) is 6.04 Å². The minimum absolute atomic E-state index is 0.161. The average molecular weight is 177 g/mol. The van der Waals surface area contributed by atoms with Crippen LogP contribution >= 0.6 is 0 Å². The second-order valence-electron chi connectivity index (χ2n) is 3.43. The highest BCUT2D eigenvalue weighted by Gasteiger charge is 2.25. The van der Waals surface area contributed by atoms with Crippen LogP contribution in [0.25, 0.3) is 0 Å². The number of nitrogens with one attached hydrogen (secondary N) is 1. The van der Waals surface area contributed by atoms with E-state index in [1.807, 2.05) is 13.8 Å². The normalized spacial score (nSPS) is 30.6. The Morgan fingerprint density at radius 2 is 2.09 bits per heavy atom. The molecule has 1 atom stereocenters. The van der Waals surface area contributed by atoms with Crippen LogP contribution in [0.1, 0.15) is 26.7 Å². The lowest BCUT2D eigenvalue weighted by molar-refractivity contribution is 0.404. The lowest BCUT2D eigenvalue weighted by Crippen LogP contribution is -2.43. The summed E-state index contributed by atoms with van der Waals surface area (Å²) in [5, 5.41) is 0. The largest absolute Gasteiger partial charge is 0.212 e. The van der Waals surface area contributed by atoms with Gasteiger partial charge in [0.1, 0.15) is 0 Å². The highest BCUT2D eigenvalue weighted by atomic mass is 32.2. The fraction of sp³-hybridized carbons (Fsp3) is 1.00. The third-order valence-corrected chi connectivity index (χ3v) is 3.55. The maximum Gasteiger partial charge on any atom is 0.211 e. The van der Waals surface area contributed by atoms with Crippen LogP contribution in [0.15, 0.2) is 0 Å². The molecular weight excluding hydrogens is 162 g/mol. The summed E-state index contributed by atoms with van der Waals surface area (Å²) in [6, 6.07) is 0.161. The Labute approximate surface area is 68.2 Å². The van der Waals surface area contributed by atoms with Gasteiger partial charge in [-0.1, -0.05) is 13.8 Å². The lowest BCUT2D eigenvalue weighted by atomic mass is 10.0. The highest BCUT2D eigenvalue weighted by Crippen LogP contribution is 2.15. The first-order valence-corrected chi connectivity index (χ1v) is 5.66. The highest BCUT2D eigenvalue weighted by molar-refractivity contribution is 7.89. The molecule has 0 spiro atoms. The van der Waals surface area contributed by atoms with E-state index in [0.717, 1.165) is 12.8 Å². The van der Waals surface area contributed by atoms with Gasteiger partial charge in [-0.05, 0) is 18.8 Å². The van der Waals surface area contributed by atoms with Crippen molar-refractivity contribution in [3.8, 4) is 0 Å². The van der Waals surface area contributed by atoms with Gasteiger partial charge in [-0.3, -0.25) is 0 Å². The van der Waals surface area contributed by atoms with Gasteiger partial charge in [-0.15, -0.1) is 0 Å². The first-order valence-electron chi connectivity index (χ1n) is 4.01. The van der Waals surface area contributed by atoms with E-state index in [1.54, 1.807) is 0 Å². The predicted molar refractivity (Wildman–Crippen MR) is 44.8 cm³/mol. The van der Waals surface area contributed by atoms with Gasteiger partial charge < -0.3 is 0 Å². The maximum absolute atomic E-state index is 11.1. The predicted octanol–water partition coefficient (Wildman–Crippen LogP) is 0.724.